The molecule has 4 rings (SSSR count). The molecule has 1 amide bonds. The van der Waals surface area contributed by atoms with Crippen molar-refractivity contribution in [2.75, 3.05) is 5.32 Å². The van der Waals surface area contributed by atoms with E-state index in [1.807, 2.05) is 26.8 Å². The lowest BCUT2D eigenvalue weighted by Gasteiger charge is -2.26. The smallest absolute Gasteiger partial charge is 0.265 e. The van der Waals surface area contributed by atoms with Crippen molar-refractivity contribution in [3.05, 3.63) is 38.6 Å². The van der Waals surface area contributed by atoms with Gasteiger partial charge in [0.05, 0.1) is 16.9 Å². The molecule has 0 bridgehead atoms. The highest BCUT2D eigenvalue weighted by Crippen LogP contribution is 2.42. The van der Waals surface area contributed by atoms with Crippen LogP contribution in [0.15, 0.2) is 6.07 Å². The first-order valence-corrected chi connectivity index (χ1v) is 8.73. The molecule has 0 saturated carbocycles. The Labute approximate surface area is 147 Å². The van der Waals surface area contributed by atoms with Gasteiger partial charge in [0.2, 0.25) is 0 Å². The van der Waals surface area contributed by atoms with Gasteiger partial charge >= 0.3 is 0 Å². The fourth-order valence-electron chi connectivity index (χ4n) is 3.24. The number of aromatic nitrogens is 3. The number of hydrogen-bond donors (Lipinski definition) is 2. The van der Waals surface area contributed by atoms with E-state index in [4.69, 9.17) is 11.6 Å². The Hall–Kier alpha value is -2.12. The van der Waals surface area contributed by atoms with Crippen LogP contribution < -0.4 is 10.6 Å². The number of hydrogen-bond acceptors (Lipinski definition) is 5. The van der Waals surface area contributed by atoms with E-state index >= 15 is 0 Å². The van der Waals surface area contributed by atoms with Gasteiger partial charge in [-0.1, -0.05) is 11.6 Å². The Bertz CT molecular complexity index is 1010. The van der Waals surface area contributed by atoms with E-state index in [1.165, 1.54) is 11.3 Å². The van der Waals surface area contributed by atoms with Gasteiger partial charge in [-0.05, 0) is 32.4 Å². The second kappa shape index (κ2) is 5.19. The molecule has 0 spiro atoms. The van der Waals surface area contributed by atoms with Gasteiger partial charge in [-0.15, -0.1) is 11.3 Å². The monoisotopic (exact) mass is 361 g/mol. The predicted molar refractivity (Wildman–Crippen MR) is 95.9 cm³/mol. The van der Waals surface area contributed by atoms with Gasteiger partial charge in [0.1, 0.15) is 21.0 Å². The van der Waals surface area contributed by atoms with Crippen LogP contribution in [0.4, 0.5) is 5.69 Å². The largest absolute Gasteiger partial charge is 0.359 e. The highest BCUT2D eigenvalue weighted by atomic mass is 35.5. The Balaban J connectivity index is 1.89. The molecule has 124 valence electrons. The number of pyridine rings is 1. The Morgan fingerprint density at radius 1 is 1.29 bits per heavy atom. The number of amides is 1. The lowest BCUT2D eigenvalue weighted by atomic mass is 10.1. The summed E-state index contributed by atoms with van der Waals surface area (Å²) in [6.45, 7) is 5.88. The minimum Gasteiger partial charge on any atom is -0.359 e. The standard InChI is InChI=1S/C16H16ClN5OS/c1-6-5-7(2)18-16-9(6)11-12(24-16)15(23)20-14(19-11)10-8(3)21-22(4)13(10)17/h5,14,19H,1-4H3,(H,20,23)/t14-/m0/s1. The zero-order chi connectivity index (χ0) is 17.2. The minimum atomic E-state index is -0.412. The molecule has 0 saturated heterocycles. The van der Waals surface area contributed by atoms with E-state index in [-0.39, 0.29) is 5.91 Å². The first kappa shape index (κ1) is 15.4. The molecule has 24 heavy (non-hydrogen) atoms. The van der Waals surface area contributed by atoms with Crippen LogP contribution in [0.25, 0.3) is 10.2 Å². The molecule has 3 aromatic rings. The van der Waals surface area contributed by atoms with Crippen molar-refractivity contribution in [1.82, 2.24) is 20.1 Å². The quantitative estimate of drug-likeness (QED) is 0.696. The SMILES string of the molecule is Cc1cc(C)c2c3c(sc2n1)C(=O)N[C@@H](c1c(C)nn(C)c1Cl)N3. The maximum Gasteiger partial charge on any atom is 0.265 e. The number of aryl methyl sites for hydroxylation is 4. The van der Waals surface area contributed by atoms with Gasteiger partial charge in [-0.3, -0.25) is 9.48 Å². The zero-order valence-corrected chi connectivity index (χ0v) is 15.3. The lowest BCUT2D eigenvalue weighted by Crippen LogP contribution is -2.38. The molecule has 1 atom stereocenters. The maximum atomic E-state index is 12.6. The molecular weight excluding hydrogens is 346 g/mol. The second-order valence-corrected chi connectivity index (χ2v) is 7.39. The average Bonchev–Trinajstić information content (AvgIpc) is 2.97. The number of nitrogens with zero attached hydrogens (tertiary/aromatic N) is 3. The van der Waals surface area contributed by atoms with E-state index in [0.717, 1.165) is 38.4 Å². The summed E-state index contributed by atoms with van der Waals surface area (Å²) < 4.78 is 1.61. The van der Waals surface area contributed by atoms with Crippen molar-refractivity contribution in [2.24, 2.45) is 7.05 Å². The van der Waals surface area contributed by atoms with Gasteiger partial charge in [-0.25, -0.2) is 4.98 Å². The van der Waals surface area contributed by atoms with Crippen LogP contribution >= 0.6 is 22.9 Å². The molecule has 0 fully saturated rings. The first-order valence-electron chi connectivity index (χ1n) is 7.54. The number of thiophene rings is 1. The van der Waals surface area contributed by atoms with Crippen molar-refractivity contribution >= 4 is 44.7 Å². The minimum absolute atomic E-state index is 0.117. The molecular formula is C16H16ClN5OS. The molecule has 0 unspecified atom stereocenters. The van der Waals surface area contributed by atoms with Crippen molar-refractivity contribution in [3.63, 3.8) is 0 Å². The van der Waals surface area contributed by atoms with Crippen LogP contribution in [-0.2, 0) is 7.05 Å². The van der Waals surface area contributed by atoms with Gasteiger partial charge < -0.3 is 10.6 Å². The molecule has 0 aliphatic carbocycles. The summed E-state index contributed by atoms with van der Waals surface area (Å²) in [4.78, 5) is 18.7. The second-order valence-electron chi connectivity index (χ2n) is 6.03. The predicted octanol–water partition coefficient (Wildman–Crippen LogP) is 3.46. The third kappa shape index (κ3) is 2.12. The molecule has 8 heteroatoms. The van der Waals surface area contributed by atoms with Crippen LogP contribution in [0, 0.1) is 20.8 Å². The summed E-state index contributed by atoms with van der Waals surface area (Å²) in [5.74, 6) is -0.117. The van der Waals surface area contributed by atoms with Crippen LogP contribution in [0.3, 0.4) is 0 Å². The van der Waals surface area contributed by atoms with E-state index in [0.29, 0.717) is 10.0 Å². The van der Waals surface area contributed by atoms with Crippen LogP contribution in [0.5, 0.6) is 0 Å². The number of anilines is 1. The van der Waals surface area contributed by atoms with E-state index in [9.17, 15) is 4.79 Å². The summed E-state index contributed by atoms with van der Waals surface area (Å²) in [6.07, 6.45) is -0.412. The van der Waals surface area contributed by atoms with Crippen LogP contribution in [0.2, 0.25) is 5.15 Å². The van der Waals surface area contributed by atoms with E-state index in [1.54, 1.807) is 11.7 Å². The normalized spacial score (nSPS) is 16.9. The lowest BCUT2D eigenvalue weighted by molar-refractivity contribution is 0.0940. The molecule has 4 heterocycles. The molecule has 6 nitrogen and oxygen atoms in total. The van der Waals surface area contributed by atoms with Crippen molar-refractivity contribution < 1.29 is 4.79 Å². The molecule has 0 radical (unpaired) electrons. The molecule has 2 N–H and O–H groups in total. The number of fused-ring (bicyclic) bond motifs is 3. The number of carbonyl (C=O) groups is 1. The highest BCUT2D eigenvalue weighted by molar-refractivity contribution is 7.21. The summed E-state index contributed by atoms with van der Waals surface area (Å²) >= 11 is 7.77. The van der Waals surface area contributed by atoms with Crippen LogP contribution in [-0.4, -0.2) is 20.7 Å². The molecule has 1 aliphatic rings. The molecule has 1 aliphatic heterocycles. The zero-order valence-electron chi connectivity index (χ0n) is 13.7. The fraction of sp³-hybridized carbons (Fsp3) is 0.312. The fourth-order valence-corrected chi connectivity index (χ4v) is 4.68. The summed E-state index contributed by atoms with van der Waals surface area (Å²) in [7, 11) is 1.78. The van der Waals surface area contributed by atoms with Crippen molar-refractivity contribution in [2.45, 2.75) is 26.9 Å². The van der Waals surface area contributed by atoms with Crippen molar-refractivity contribution in [3.8, 4) is 0 Å². The molecule has 3 aromatic heterocycles. The summed E-state index contributed by atoms with van der Waals surface area (Å²) in [5, 5.41) is 12.2. The first-order chi connectivity index (χ1) is 11.4. The van der Waals surface area contributed by atoms with E-state index < -0.39 is 6.17 Å². The number of carbonyl (C=O) groups excluding carboxylic acids is 1. The third-order valence-electron chi connectivity index (χ3n) is 4.24. The summed E-state index contributed by atoms with van der Waals surface area (Å²) in [5.41, 5.74) is 4.45. The van der Waals surface area contributed by atoms with Gasteiger partial charge in [0, 0.05) is 18.1 Å². The van der Waals surface area contributed by atoms with Crippen LogP contribution in [0.1, 0.15) is 38.4 Å². The van der Waals surface area contributed by atoms with Crippen molar-refractivity contribution in [1.29, 1.82) is 0 Å². The number of halogens is 1. The number of rotatable bonds is 1. The van der Waals surface area contributed by atoms with Gasteiger partial charge in [-0.2, -0.15) is 5.10 Å². The van der Waals surface area contributed by atoms with Gasteiger partial charge in [0.15, 0.2) is 0 Å². The van der Waals surface area contributed by atoms with Gasteiger partial charge in [0.25, 0.3) is 5.91 Å². The van der Waals surface area contributed by atoms with E-state index in [2.05, 4.69) is 20.7 Å². The molecule has 0 aromatic carbocycles. The Morgan fingerprint density at radius 3 is 2.71 bits per heavy atom. The maximum absolute atomic E-state index is 12.6. The number of nitrogens with one attached hydrogen (secondary N) is 2. The topological polar surface area (TPSA) is 71.8 Å². The summed E-state index contributed by atoms with van der Waals surface area (Å²) in [6, 6.07) is 2.03. The third-order valence-corrected chi connectivity index (χ3v) is 5.77. The Morgan fingerprint density at radius 2 is 2.04 bits per heavy atom. The average molecular weight is 362 g/mol. The highest BCUT2D eigenvalue weighted by Gasteiger charge is 2.32. The Kier molecular flexibility index (Phi) is 3.33.